The molecular weight excluding hydrogens is 207 g/mol. The molecule has 0 aromatic carbocycles. The summed E-state index contributed by atoms with van der Waals surface area (Å²) in [6.45, 7) is 2.97. The third kappa shape index (κ3) is 6.73. The third-order valence-corrected chi connectivity index (χ3v) is 2.59. The van der Waals surface area contributed by atoms with Gasteiger partial charge in [-0.1, -0.05) is 6.92 Å². The van der Waals surface area contributed by atoms with E-state index in [0.717, 1.165) is 24.9 Å². The van der Waals surface area contributed by atoms with E-state index < -0.39 is 12.8 Å². The van der Waals surface area contributed by atoms with Gasteiger partial charge in [-0.05, 0) is 37.8 Å². The summed E-state index contributed by atoms with van der Waals surface area (Å²) in [5, 5.41) is 3.21. The molecule has 1 aliphatic rings. The molecule has 0 aromatic heterocycles. The summed E-state index contributed by atoms with van der Waals surface area (Å²) in [5.41, 5.74) is 0. The third-order valence-electron chi connectivity index (χ3n) is 2.59. The minimum absolute atomic E-state index is 0.173. The smallest absolute Gasteiger partial charge is 0.372 e. The van der Waals surface area contributed by atoms with Gasteiger partial charge < -0.3 is 10.1 Å². The molecule has 0 aromatic rings. The molecule has 1 N–H and O–H groups in total. The van der Waals surface area contributed by atoms with Crippen LogP contribution in [0.1, 0.15) is 19.8 Å². The van der Waals surface area contributed by atoms with Gasteiger partial charge in [0.25, 0.3) is 0 Å². The van der Waals surface area contributed by atoms with Crippen molar-refractivity contribution in [2.75, 3.05) is 26.3 Å². The molecule has 1 saturated carbocycles. The maximum Gasteiger partial charge on any atom is 0.411 e. The molecule has 2 unspecified atom stereocenters. The van der Waals surface area contributed by atoms with Gasteiger partial charge in [0.2, 0.25) is 0 Å². The number of hydrogen-bond donors (Lipinski definition) is 1. The Labute approximate surface area is 88.2 Å². The quantitative estimate of drug-likeness (QED) is 0.671. The molecule has 0 bridgehead atoms. The zero-order chi connectivity index (χ0) is 11.3. The Hall–Kier alpha value is -0.290. The zero-order valence-corrected chi connectivity index (χ0v) is 8.94. The highest BCUT2D eigenvalue weighted by Crippen LogP contribution is 2.36. The fraction of sp³-hybridized carbons (Fsp3) is 1.00. The van der Waals surface area contributed by atoms with Crippen LogP contribution in [0.4, 0.5) is 13.2 Å². The van der Waals surface area contributed by atoms with Crippen LogP contribution >= 0.6 is 0 Å². The number of ether oxygens (including phenoxy) is 1. The summed E-state index contributed by atoms with van der Waals surface area (Å²) in [6, 6.07) is 0. The van der Waals surface area contributed by atoms with Crippen LogP contribution in [0.25, 0.3) is 0 Å². The standard InChI is InChI=1S/C10H18F3NO/c1-8-5-9(8)6-14-3-2-4-15-7-10(11,12)13/h8-9,14H,2-7H2,1H3. The minimum atomic E-state index is -4.20. The fourth-order valence-corrected chi connectivity index (χ4v) is 1.46. The molecule has 0 spiro atoms. The fourth-order valence-electron chi connectivity index (χ4n) is 1.46. The number of hydrogen-bond acceptors (Lipinski definition) is 2. The van der Waals surface area contributed by atoms with Crippen LogP contribution in [-0.2, 0) is 4.74 Å². The van der Waals surface area contributed by atoms with E-state index in [1.165, 1.54) is 6.42 Å². The van der Waals surface area contributed by atoms with Gasteiger partial charge in [0.1, 0.15) is 6.61 Å². The Kier molecular flexibility index (Phi) is 4.86. The van der Waals surface area contributed by atoms with E-state index in [1.54, 1.807) is 0 Å². The van der Waals surface area contributed by atoms with Crippen molar-refractivity contribution in [3.8, 4) is 0 Å². The van der Waals surface area contributed by atoms with Crippen molar-refractivity contribution in [3.63, 3.8) is 0 Å². The second-order valence-electron chi connectivity index (χ2n) is 4.20. The number of alkyl halides is 3. The molecular formula is C10H18F3NO. The Bertz CT molecular complexity index is 184. The van der Waals surface area contributed by atoms with Crippen molar-refractivity contribution in [2.24, 2.45) is 11.8 Å². The first-order valence-electron chi connectivity index (χ1n) is 5.34. The van der Waals surface area contributed by atoms with Gasteiger partial charge in [-0.2, -0.15) is 13.2 Å². The first-order valence-corrected chi connectivity index (χ1v) is 5.34. The summed E-state index contributed by atoms with van der Waals surface area (Å²) in [4.78, 5) is 0. The molecule has 1 rings (SSSR count). The van der Waals surface area contributed by atoms with Crippen LogP contribution < -0.4 is 5.32 Å². The summed E-state index contributed by atoms with van der Waals surface area (Å²) >= 11 is 0. The molecule has 1 aliphatic carbocycles. The van der Waals surface area contributed by atoms with Crippen LogP contribution in [0.5, 0.6) is 0 Å². The SMILES string of the molecule is CC1CC1CNCCCOCC(F)(F)F. The van der Waals surface area contributed by atoms with E-state index in [9.17, 15) is 13.2 Å². The largest absolute Gasteiger partial charge is 0.411 e. The van der Waals surface area contributed by atoms with Crippen molar-refractivity contribution < 1.29 is 17.9 Å². The van der Waals surface area contributed by atoms with Gasteiger partial charge in [-0.25, -0.2) is 0 Å². The van der Waals surface area contributed by atoms with Crippen LogP contribution in [0.15, 0.2) is 0 Å². The van der Waals surface area contributed by atoms with E-state index in [1.807, 2.05) is 0 Å². The lowest BCUT2D eigenvalue weighted by atomic mass is 10.3. The number of nitrogens with one attached hydrogen (secondary N) is 1. The summed E-state index contributed by atoms with van der Waals surface area (Å²) in [7, 11) is 0. The monoisotopic (exact) mass is 225 g/mol. The molecule has 90 valence electrons. The molecule has 0 saturated heterocycles. The molecule has 2 nitrogen and oxygen atoms in total. The Morgan fingerprint density at radius 3 is 2.60 bits per heavy atom. The first-order chi connectivity index (χ1) is 6.99. The van der Waals surface area contributed by atoms with Crippen molar-refractivity contribution >= 4 is 0 Å². The number of rotatable bonds is 7. The molecule has 5 heteroatoms. The van der Waals surface area contributed by atoms with Gasteiger partial charge in [-0.15, -0.1) is 0 Å². The van der Waals surface area contributed by atoms with Gasteiger partial charge >= 0.3 is 6.18 Å². The minimum Gasteiger partial charge on any atom is -0.372 e. The summed E-state index contributed by atoms with van der Waals surface area (Å²) in [6.07, 6.45) is -2.29. The molecule has 0 radical (unpaired) electrons. The zero-order valence-electron chi connectivity index (χ0n) is 8.94. The second-order valence-corrected chi connectivity index (χ2v) is 4.20. The van der Waals surface area contributed by atoms with Crippen LogP contribution in [0, 0.1) is 11.8 Å². The normalized spacial score (nSPS) is 25.6. The summed E-state index contributed by atoms with van der Waals surface area (Å²) < 4.78 is 39.4. The van der Waals surface area contributed by atoms with Gasteiger partial charge in [-0.3, -0.25) is 0 Å². The molecule has 2 atom stereocenters. The lowest BCUT2D eigenvalue weighted by molar-refractivity contribution is -0.173. The Morgan fingerprint density at radius 1 is 1.40 bits per heavy atom. The highest BCUT2D eigenvalue weighted by Gasteiger charge is 2.31. The molecule has 0 aliphatic heterocycles. The van der Waals surface area contributed by atoms with Gasteiger partial charge in [0, 0.05) is 6.61 Å². The average Bonchev–Trinajstić information content (AvgIpc) is 2.78. The topological polar surface area (TPSA) is 21.3 Å². The Balaban J connectivity index is 1.77. The highest BCUT2D eigenvalue weighted by atomic mass is 19.4. The van der Waals surface area contributed by atoms with Gasteiger partial charge in [0.05, 0.1) is 0 Å². The number of halogens is 3. The highest BCUT2D eigenvalue weighted by molar-refractivity contribution is 4.83. The van der Waals surface area contributed by atoms with E-state index in [-0.39, 0.29) is 6.61 Å². The van der Waals surface area contributed by atoms with Crippen molar-refractivity contribution in [1.82, 2.24) is 5.32 Å². The molecule has 15 heavy (non-hydrogen) atoms. The maximum absolute atomic E-state index is 11.6. The van der Waals surface area contributed by atoms with Crippen LogP contribution in [0.2, 0.25) is 0 Å². The summed E-state index contributed by atoms with van der Waals surface area (Å²) in [5.74, 6) is 1.60. The predicted octanol–water partition coefficient (Wildman–Crippen LogP) is 2.20. The lowest BCUT2D eigenvalue weighted by Gasteiger charge is -2.07. The van der Waals surface area contributed by atoms with E-state index in [4.69, 9.17) is 0 Å². The van der Waals surface area contributed by atoms with Crippen molar-refractivity contribution in [1.29, 1.82) is 0 Å². The lowest BCUT2D eigenvalue weighted by Crippen LogP contribution is -2.22. The molecule has 0 amide bonds. The van der Waals surface area contributed by atoms with Crippen molar-refractivity contribution in [3.05, 3.63) is 0 Å². The van der Waals surface area contributed by atoms with E-state index in [2.05, 4.69) is 17.0 Å². The van der Waals surface area contributed by atoms with Crippen molar-refractivity contribution in [2.45, 2.75) is 25.9 Å². The second kappa shape index (κ2) is 5.70. The van der Waals surface area contributed by atoms with Gasteiger partial charge in [0.15, 0.2) is 0 Å². The van der Waals surface area contributed by atoms with Crippen LogP contribution in [-0.4, -0.2) is 32.5 Å². The Morgan fingerprint density at radius 2 is 2.07 bits per heavy atom. The first kappa shape index (κ1) is 12.8. The molecule has 1 fully saturated rings. The van der Waals surface area contributed by atoms with Crippen LogP contribution in [0.3, 0.4) is 0 Å². The van der Waals surface area contributed by atoms with E-state index >= 15 is 0 Å². The maximum atomic E-state index is 11.6. The average molecular weight is 225 g/mol. The predicted molar refractivity (Wildman–Crippen MR) is 51.6 cm³/mol. The molecule has 0 heterocycles. The van der Waals surface area contributed by atoms with E-state index in [0.29, 0.717) is 6.42 Å².